The first-order valence-electron chi connectivity index (χ1n) is 15.2. The Labute approximate surface area is 270 Å². The van der Waals surface area contributed by atoms with Gasteiger partial charge in [0.15, 0.2) is 0 Å². The van der Waals surface area contributed by atoms with Gasteiger partial charge >= 0.3 is 272 Å². The number of rotatable bonds is 6. The summed E-state index contributed by atoms with van der Waals surface area (Å²) in [5.41, 5.74) is 16.0. The second-order valence-electron chi connectivity index (χ2n) is 11.9. The van der Waals surface area contributed by atoms with E-state index >= 15 is 0 Å². The van der Waals surface area contributed by atoms with E-state index in [1.54, 1.807) is 6.26 Å². The van der Waals surface area contributed by atoms with Gasteiger partial charge in [-0.2, -0.15) is 0 Å². The molecule has 2 aromatic heterocycles. The summed E-state index contributed by atoms with van der Waals surface area (Å²) < 4.78 is 13.1. The summed E-state index contributed by atoms with van der Waals surface area (Å²) in [5.74, 6) is 2.93. The standard InChI is InChI=1S/C21H17O.C20H15O.Zr/c1-14-8-10-17-12-18(20-11-9-15(2)22-20)13-19(17)21(14)16-6-4-3-5-7-16;1-14-9-10-16-12-17(19-8-5-11-21-19)13-18(16)20(14)15-6-3-2-4-7-15;/h3-13H,1-2H3;2-13H,1H3;. The Kier molecular flexibility index (Phi) is 6.88. The molecule has 0 amide bonds. The van der Waals surface area contributed by atoms with Gasteiger partial charge in [-0.3, -0.25) is 0 Å². The van der Waals surface area contributed by atoms with E-state index in [-0.39, 0.29) is 0 Å². The average molecular weight is 648 g/mol. The fraction of sp³-hybridized carbons (Fsp3) is 0.122. The summed E-state index contributed by atoms with van der Waals surface area (Å²) in [5, 5.41) is 0. The molecule has 2 nitrogen and oxygen atoms in total. The molecule has 212 valence electrons. The number of furan rings is 2. The van der Waals surface area contributed by atoms with Gasteiger partial charge in [-0.15, -0.1) is 0 Å². The van der Waals surface area contributed by atoms with Gasteiger partial charge in [0.05, 0.1) is 0 Å². The third-order valence-corrected chi connectivity index (χ3v) is 13.8. The topological polar surface area (TPSA) is 26.3 Å². The molecular formula is C41H32O2Zr. The molecule has 0 spiro atoms. The molecule has 2 aliphatic carbocycles. The minimum absolute atomic E-state index is 0.331. The van der Waals surface area contributed by atoms with Crippen LogP contribution in [-0.2, 0) is 23.2 Å². The summed E-state index contributed by atoms with van der Waals surface area (Å²) in [6.45, 7) is 6.51. The van der Waals surface area contributed by atoms with Gasteiger partial charge < -0.3 is 0 Å². The maximum atomic E-state index is 6.36. The third-order valence-electron chi connectivity index (χ3n) is 9.11. The van der Waals surface area contributed by atoms with Crippen molar-refractivity contribution in [2.24, 2.45) is 0 Å². The molecule has 0 fully saturated rings. The van der Waals surface area contributed by atoms with Crippen molar-refractivity contribution in [3.05, 3.63) is 166 Å². The Morgan fingerprint density at radius 3 is 1.55 bits per heavy atom. The Bertz CT molecular complexity index is 2060. The number of benzene rings is 4. The van der Waals surface area contributed by atoms with Crippen LogP contribution < -0.4 is 0 Å². The molecular weight excluding hydrogens is 616 g/mol. The second kappa shape index (κ2) is 11.1. The van der Waals surface area contributed by atoms with Crippen molar-refractivity contribution in [1.82, 2.24) is 0 Å². The van der Waals surface area contributed by atoms with Crippen molar-refractivity contribution in [1.29, 1.82) is 0 Å². The predicted molar refractivity (Wildman–Crippen MR) is 177 cm³/mol. The average Bonchev–Trinajstić information content (AvgIpc) is 3.85. The van der Waals surface area contributed by atoms with Crippen LogP contribution in [0.3, 0.4) is 0 Å². The van der Waals surface area contributed by atoms with Gasteiger partial charge in [0.25, 0.3) is 0 Å². The first kappa shape index (κ1) is 27.4. The van der Waals surface area contributed by atoms with Crippen LogP contribution in [-0.4, -0.2) is 0 Å². The molecule has 4 aromatic carbocycles. The zero-order valence-corrected chi connectivity index (χ0v) is 27.6. The first-order valence-corrected chi connectivity index (χ1v) is 18.1. The molecule has 0 radical (unpaired) electrons. The summed E-state index contributed by atoms with van der Waals surface area (Å²) >= 11 is -1.28. The van der Waals surface area contributed by atoms with E-state index in [1.807, 2.05) is 13.0 Å². The SMILES string of the molecule is Cc1ccc(C2=Cc3c(ccc(C)c3-c3ccccc3)[CH]2[Zr][CH]2C(c3ccco3)=Cc3c2ccc(C)c3-c2ccccc2)o1. The summed E-state index contributed by atoms with van der Waals surface area (Å²) in [6.07, 6.45) is 6.67. The van der Waals surface area contributed by atoms with Gasteiger partial charge in [-0.05, 0) is 0 Å². The van der Waals surface area contributed by atoms with Gasteiger partial charge in [0, 0.05) is 0 Å². The fourth-order valence-electron chi connectivity index (χ4n) is 7.08. The summed E-state index contributed by atoms with van der Waals surface area (Å²) in [6, 6.07) is 39.5. The van der Waals surface area contributed by atoms with E-state index in [2.05, 4.69) is 129 Å². The molecule has 0 saturated carbocycles. The molecule has 0 N–H and O–H groups in total. The van der Waals surface area contributed by atoms with E-state index in [1.165, 1.54) is 66.8 Å². The van der Waals surface area contributed by atoms with Crippen LogP contribution in [0.5, 0.6) is 0 Å². The van der Waals surface area contributed by atoms with Crippen molar-refractivity contribution in [3.8, 4) is 22.3 Å². The van der Waals surface area contributed by atoms with Crippen LogP contribution in [0.1, 0.15) is 57.9 Å². The van der Waals surface area contributed by atoms with E-state index in [0.29, 0.717) is 7.25 Å². The molecule has 0 aliphatic heterocycles. The van der Waals surface area contributed by atoms with Crippen molar-refractivity contribution >= 4 is 23.3 Å². The molecule has 6 aromatic rings. The molecule has 2 aliphatic rings. The fourth-order valence-corrected chi connectivity index (χ4v) is 12.0. The number of fused-ring (bicyclic) bond motifs is 2. The van der Waals surface area contributed by atoms with Gasteiger partial charge in [-0.1, -0.05) is 0 Å². The minimum atomic E-state index is -1.28. The Balaban J connectivity index is 1.30. The molecule has 0 saturated heterocycles. The van der Waals surface area contributed by atoms with Crippen LogP contribution in [0, 0.1) is 20.8 Å². The summed E-state index contributed by atoms with van der Waals surface area (Å²) in [7, 11) is 0. The van der Waals surface area contributed by atoms with E-state index in [9.17, 15) is 0 Å². The van der Waals surface area contributed by atoms with Crippen molar-refractivity contribution in [2.75, 3.05) is 0 Å². The molecule has 2 heterocycles. The number of hydrogen-bond acceptors (Lipinski definition) is 2. The Hall–Kier alpha value is -4.20. The zero-order chi connectivity index (χ0) is 29.8. The molecule has 0 bridgehead atoms. The zero-order valence-electron chi connectivity index (χ0n) is 25.1. The molecule has 3 heteroatoms. The summed E-state index contributed by atoms with van der Waals surface area (Å²) in [4.78, 5) is 0. The first-order chi connectivity index (χ1) is 21.6. The predicted octanol–water partition coefficient (Wildman–Crippen LogP) is 11.1. The quantitative estimate of drug-likeness (QED) is 0.180. The third kappa shape index (κ3) is 4.57. The van der Waals surface area contributed by atoms with Crippen LogP contribution in [0.25, 0.3) is 45.6 Å². The van der Waals surface area contributed by atoms with E-state index in [4.69, 9.17) is 8.83 Å². The number of allylic oxidation sites excluding steroid dienone is 2. The van der Waals surface area contributed by atoms with E-state index in [0.717, 1.165) is 17.3 Å². The van der Waals surface area contributed by atoms with Gasteiger partial charge in [0.2, 0.25) is 0 Å². The van der Waals surface area contributed by atoms with Gasteiger partial charge in [0.1, 0.15) is 0 Å². The monoisotopic (exact) mass is 646 g/mol. The Morgan fingerprint density at radius 2 is 1.07 bits per heavy atom. The maximum absolute atomic E-state index is 6.36. The molecule has 8 rings (SSSR count). The van der Waals surface area contributed by atoms with Crippen LogP contribution in [0.2, 0.25) is 0 Å². The van der Waals surface area contributed by atoms with Crippen LogP contribution >= 0.6 is 0 Å². The van der Waals surface area contributed by atoms with Crippen LogP contribution in [0.4, 0.5) is 0 Å². The number of aryl methyl sites for hydroxylation is 3. The molecule has 2 unspecified atom stereocenters. The second-order valence-corrected chi connectivity index (χ2v) is 15.5. The van der Waals surface area contributed by atoms with Gasteiger partial charge in [-0.25, -0.2) is 0 Å². The van der Waals surface area contributed by atoms with Crippen LogP contribution in [0.15, 0.2) is 124 Å². The van der Waals surface area contributed by atoms with E-state index < -0.39 is 23.2 Å². The van der Waals surface area contributed by atoms with Crippen molar-refractivity contribution in [2.45, 2.75) is 28.0 Å². The molecule has 2 atom stereocenters. The number of hydrogen-bond donors (Lipinski definition) is 0. The molecule has 44 heavy (non-hydrogen) atoms. The Morgan fingerprint density at radius 1 is 0.523 bits per heavy atom. The van der Waals surface area contributed by atoms with Crippen molar-refractivity contribution < 1.29 is 32.1 Å². The van der Waals surface area contributed by atoms with Crippen molar-refractivity contribution in [3.63, 3.8) is 0 Å². The normalized spacial score (nSPS) is 16.8.